The van der Waals surface area contributed by atoms with Gasteiger partial charge in [-0.3, -0.25) is 0 Å². The van der Waals surface area contributed by atoms with E-state index >= 15 is 0 Å². The van der Waals surface area contributed by atoms with Crippen molar-refractivity contribution in [2.24, 2.45) is 0 Å². The summed E-state index contributed by atoms with van der Waals surface area (Å²) in [5.74, 6) is -6.57. The smallest absolute Gasteiger partial charge is 0.300 e. The van der Waals surface area contributed by atoms with E-state index in [1.807, 2.05) is 0 Å². The van der Waals surface area contributed by atoms with Crippen LogP contribution >= 0.6 is 0 Å². The number of ether oxygens (including phenoxy) is 4. The fourth-order valence-corrected chi connectivity index (χ4v) is 4.62. The monoisotopic (exact) mass is 545 g/mol. The number of aliphatic hydroxyl groups is 7. The first kappa shape index (κ1) is 31.1. The summed E-state index contributed by atoms with van der Waals surface area (Å²) in [6, 6.07) is 5.82. The Labute approximate surface area is 219 Å². The van der Waals surface area contributed by atoms with Crippen molar-refractivity contribution in [2.45, 2.75) is 71.2 Å². The molecule has 0 aromatic rings. The molecule has 1 unspecified atom stereocenters. The van der Waals surface area contributed by atoms with Crippen molar-refractivity contribution in [2.75, 3.05) is 13.2 Å². The topological polar surface area (TPSA) is 345 Å². The first-order valence-electron chi connectivity index (χ1n) is 10.6. The lowest BCUT2D eigenvalue weighted by Gasteiger charge is -2.62. The van der Waals surface area contributed by atoms with Crippen LogP contribution in [0.3, 0.4) is 0 Å². The molecule has 2 heterocycles. The Bertz CT molecular complexity index is 1300. The Hall–Kier alpha value is -4.17. The zero-order chi connectivity index (χ0) is 30.1. The standard InChI is InChI=1S/C21H19N7O11/c1-2-21(38-16(10-30)14(32)13(31)12(3-29)37-16)18(35,7-25)17(34,6-24)20(9-27,36-11-28)19(8-26,39-21)15(33,4-22)5-23/h12-14,29-35H,2-3,10H2,1H3/t12-,13-,14+,16?,17-,18-,19-,20+,21-/m1/s1. The van der Waals surface area contributed by atoms with Gasteiger partial charge in [0.05, 0.1) is 6.61 Å². The van der Waals surface area contributed by atoms with Gasteiger partial charge in [-0.15, -0.1) is 0 Å². The molecule has 18 heteroatoms. The number of rotatable bonds is 7. The first-order chi connectivity index (χ1) is 18.2. The summed E-state index contributed by atoms with van der Waals surface area (Å²) >= 11 is 0. The second-order valence-electron chi connectivity index (χ2n) is 8.41. The maximum Gasteiger partial charge on any atom is 0.300 e. The van der Waals surface area contributed by atoms with Gasteiger partial charge in [0.2, 0.25) is 11.6 Å². The molecule has 2 aliphatic rings. The van der Waals surface area contributed by atoms with Crippen LogP contribution in [-0.2, 0) is 18.9 Å². The van der Waals surface area contributed by atoms with Crippen LogP contribution in [0.2, 0.25) is 0 Å². The van der Waals surface area contributed by atoms with E-state index in [1.165, 1.54) is 0 Å². The SMILES string of the molecule is CC[C@@]1(OC2(CO)O[C@H](CO)[C@@H](O)[C@@H]2O)O[C@](C#N)(C(O)(C#N)C#N)[C@@](C#N)(OC#N)[C@@](O)(C#N)[C@]1(O)C#N. The Balaban J connectivity index is 3.18. The average Bonchev–Trinajstić information content (AvgIpc) is 3.20. The molecule has 2 rings (SSSR count). The molecule has 0 aliphatic carbocycles. The van der Waals surface area contributed by atoms with Gasteiger partial charge in [-0.25, -0.2) is 0 Å². The second-order valence-corrected chi connectivity index (χ2v) is 8.41. The summed E-state index contributed by atoms with van der Waals surface area (Å²) in [7, 11) is 0. The molecule has 2 fully saturated rings. The van der Waals surface area contributed by atoms with E-state index in [2.05, 4.69) is 4.74 Å². The fraction of sp³-hybridized carbons (Fsp3) is 0.667. The van der Waals surface area contributed by atoms with Gasteiger partial charge in [0.25, 0.3) is 34.3 Å². The van der Waals surface area contributed by atoms with Crippen molar-refractivity contribution in [1.82, 2.24) is 0 Å². The third kappa shape index (κ3) is 3.31. The van der Waals surface area contributed by atoms with Gasteiger partial charge in [0, 0.05) is 6.42 Å². The molecule has 39 heavy (non-hydrogen) atoms. The van der Waals surface area contributed by atoms with E-state index in [0.29, 0.717) is 0 Å². The predicted molar refractivity (Wildman–Crippen MR) is 110 cm³/mol. The van der Waals surface area contributed by atoms with Gasteiger partial charge >= 0.3 is 0 Å². The average molecular weight is 545 g/mol. The number of hydrogen-bond acceptors (Lipinski definition) is 18. The van der Waals surface area contributed by atoms with Crippen LogP contribution in [0.4, 0.5) is 0 Å². The highest BCUT2D eigenvalue weighted by Crippen LogP contribution is 2.60. The minimum Gasteiger partial charge on any atom is -0.396 e. The lowest BCUT2D eigenvalue weighted by molar-refractivity contribution is -0.481. The Morgan fingerprint density at radius 1 is 0.897 bits per heavy atom. The molecule has 0 aromatic carbocycles. The fourth-order valence-electron chi connectivity index (χ4n) is 4.62. The summed E-state index contributed by atoms with van der Waals surface area (Å²) in [6.45, 7) is -1.53. The van der Waals surface area contributed by atoms with Crippen LogP contribution in [-0.4, -0.2) is 107 Å². The van der Waals surface area contributed by atoms with Crippen molar-refractivity contribution in [3.05, 3.63) is 0 Å². The summed E-state index contributed by atoms with van der Waals surface area (Å²) in [6.07, 6.45) is -6.31. The second kappa shape index (κ2) is 9.85. The minimum atomic E-state index is -4.25. The van der Waals surface area contributed by atoms with E-state index in [0.717, 1.165) is 49.6 Å². The van der Waals surface area contributed by atoms with E-state index in [9.17, 15) is 72.6 Å². The highest BCUT2D eigenvalue weighted by molar-refractivity contribution is 5.53. The van der Waals surface area contributed by atoms with Crippen LogP contribution < -0.4 is 0 Å². The highest BCUT2D eigenvalue weighted by Gasteiger charge is 2.92. The quantitative estimate of drug-likeness (QED) is 0.116. The number of nitriles is 7. The van der Waals surface area contributed by atoms with E-state index < -0.39 is 77.5 Å². The molecule has 0 radical (unpaired) electrons. The normalized spacial score (nSPS) is 43.3. The third-order valence-electron chi connectivity index (χ3n) is 6.78. The lowest BCUT2D eigenvalue weighted by Crippen LogP contribution is -2.90. The summed E-state index contributed by atoms with van der Waals surface area (Å²) in [5, 5.41) is 143. The van der Waals surface area contributed by atoms with E-state index in [1.54, 1.807) is 0 Å². The summed E-state index contributed by atoms with van der Waals surface area (Å²) < 4.78 is 20.6. The predicted octanol–water partition coefficient (Wildman–Crippen LogP) is -4.75. The molecule has 9 atom stereocenters. The Morgan fingerprint density at radius 3 is 1.79 bits per heavy atom. The van der Waals surface area contributed by atoms with Crippen LogP contribution in [0.15, 0.2) is 0 Å². The molecule has 7 N–H and O–H groups in total. The maximum atomic E-state index is 11.6. The first-order valence-corrected chi connectivity index (χ1v) is 10.6. The van der Waals surface area contributed by atoms with Gasteiger partial charge in [-0.2, -0.15) is 36.8 Å². The van der Waals surface area contributed by atoms with Gasteiger partial charge < -0.3 is 54.7 Å². The van der Waals surface area contributed by atoms with Crippen molar-refractivity contribution in [3.63, 3.8) is 0 Å². The molecule has 2 saturated heterocycles. The van der Waals surface area contributed by atoms with Gasteiger partial charge in [-0.05, 0) is 0 Å². The third-order valence-corrected chi connectivity index (χ3v) is 6.78. The Kier molecular flexibility index (Phi) is 7.85. The summed E-state index contributed by atoms with van der Waals surface area (Å²) in [4.78, 5) is 0. The Morgan fingerprint density at radius 2 is 1.46 bits per heavy atom. The van der Waals surface area contributed by atoms with Crippen molar-refractivity contribution < 1.29 is 54.7 Å². The molecule has 0 amide bonds. The molecule has 0 saturated carbocycles. The zero-order valence-corrected chi connectivity index (χ0v) is 19.7. The largest absolute Gasteiger partial charge is 0.396 e. The van der Waals surface area contributed by atoms with Crippen molar-refractivity contribution >= 4 is 0 Å². The van der Waals surface area contributed by atoms with Gasteiger partial charge in [-0.1, -0.05) is 6.92 Å². The molecule has 204 valence electrons. The van der Waals surface area contributed by atoms with Crippen LogP contribution in [0.1, 0.15) is 13.3 Å². The number of hydrogen-bond donors (Lipinski definition) is 7. The molecule has 0 aromatic heterocycles. The molecule has 18 nitrogen and oxygen atoms in total. The molecule has 0 bridgehead atoms. The number of nitrogens with zero attached hydrogens (tertiary/aromatic N) is 7. The van der Waals surface area contributed by atoms with Crippen molar-refractivity contribution in [1.29, 1.82) is 36.8 Å². The van der Waals surface area contributed by atoms with Gasteiger partial charge in [0.1, 0.15) is 61.3 Å². The molecule has 0 spiro atoms. The van der Waals surface area contributed by atoms with E-state index in [-0.39, 0.29) is 0 Å². The molecule has 2 aliphatic heterocycles. The number of aliphatic hydroxyl groups excluding tert-OH is 4. The molecular formula is C21H19N7O11. The van der Waals surface area contributed by atoms with E-state index in [4.69, 9.17) is 14.2 Å². The van der Waals surface area contributed by atoms with Crippen LogP contribution in [0.25, 0.3) is 0 Å². The molecular weight excluding hydrogens is 526 g/mol. The van der Waals surface area contributed by atoms with Gasteiger partial charge in [0.15, 0.2) is 0 Å². The lowest BCUT2D eigenvalue weighted by atomic mass is 9.55. The van der Waals surface area contributed by atoms with Crippen LogP contribution in [0.5, 0.6) is 0 Å². The van der Waals surface area contributed by atoms with Crippen molar-refractivity contribution in [3.8, 4) is 42.7 Å². The minimum absolute atomic E-state index is 0.832. The zero-order valence-electron chi connectivity index (χ0n) is 19.7. The van der Waals surface area contributed by atoms with Crippen LogP contribution in [0, 0.1) is 79.5 Å². The summed E-state index contributed by atoms with van der Waals surface area (Å²) in [5.41, 5.74) is -20.4. The maximum absolute atomic E-state index is 11.6. The highest BCUT2D eigenvalue weighted by atomic mass is 16.8.